The van der Waals surface area contributed by atoms with Crippen LogP contribution in [-0.2, 0) is 9.53 Å². The lowest BCUT2D eigenvalue weighted by Gasteiger charge is -2.19. The lowest BCUT2D eigenvalue weighted by molar-refractivity contribution is -0.116. The lowest BCUT2D eigenvalue weighted by Crippen LogP contribution is -2.23. The Labute approximate surface area is 118 Å². The highest BCUT2D eigenvalue weighted by Gasteiger charge is 2.39. The molecule has 0 radical (unpaired) electrons. The van der Waals surface area contributed by atoms with Gasteiger partial charge in [-0.15, -0.1) is 0 Å². The SMILES string of the molecule is CNC(=O)C1=C(C=Cc2ccccc2)C(C)(C)OC1=N. The minimum absolute atomic E-state index is 0.0814. The molecule has 4 nitrogen and oxygen atoms in total. The molecule has 0 fully saturated rings. The molecule has 0 atom stereocenters. The van der Waals surface area contributed by atoms with Gasteiger partial charge in [-0.3, -0.25) is 10.2 Å². The maximum atomic E-state index is 11.9. The zero-order valence-corrected chi connectivity index (χ0v) is 11.9. The highest BCUT2D eigenvalue weighted by Crippen LogP contribution is 2.33. The number of ether oxygens (including phenoxy) is 1. The number of carbonyl (C=O) groups is 1. The van der Waals surface area contributed by atoms with E-state index in [1.807, 2.05) is 56.3 Å². The number of nitrogens with one attached hydrogen (secondary N) is 2. The number of likely N-dealkylation sites (N-methyl/N-ethyl adjacent to an activating group) is 1. The molecule has 1 aromatic carbocycles. The van der Waals surface area contributed by atoms with Gasteiger partial charge in [-0.25, -0.2) is 0 Å². The number of benzene rings is 1. The third-order valence-corrected chi connectivity index (χ3v) is 3.20. The Kier molecular flexibility index (Phi) is 3.74. The van der Waals surface area contributed by atoms with Gasteiger partial charge in [0.05, 0.1) is 0 Å². The van der Waals surface area contributed by atoms with Crippen molar-refractivity contribution in [3.63, 3.8) is 0 Å². The molecule has 1 aliphatic rings. The Morgan fingerprint density at radius 3 is 2.50 bits per heavy atom. The Bertz CT molecular complexity index is 598. The van der Waals surface area contributed by atoms with Crippen LogP contribution >= 0.6 is 0 Å². The third kappa shape index (κ3) is 2.64. The van der Waals surface area contributed by atoms with E-state index in [1.165, 1.54) is 0 Å². The molecular weight excluding hydrogens is 252 g/mol. The molecule has 20 heavy (non-hydrogen) atoms. The van der Waals surface area contributed by atoms with Crippen molar-refractivity contribution in [2.45, 2.75) is 19.4 Å². The molecule has 0 spiro atoms. The second-order valence-electron chi connectivity index (χ2n) is 5.05. The van der Waals surface area contributed by atoms with Crippen LogP contribution in [0.2, 0.25) is 0 Å². The van der Waals surface area contributed by atoms with E-state index in [-0.39, 0.29) is 11.8 Å². The van der Waals surface area contributed by atoms with Crippen LogP contribution in [0.1, 0.15) is 19.4 Å². The fraction of sp³-hybridized carbons (Fsp3) is 0.250. The second-order valence-corrected chi connectivity index (χ2v) is 5.05. The largest absolute Gasteiger partial charge is 0.467 e. The van der Waals surface area contributed by atoms with Crippen molar-refractivity contribution in [2.75, 3.05) is 7.05 Å². The van der Waals surface area contributed by atoms with Gasteiger partial charge in [-0.1, -0.05) is 42.5 Å². The predicted molar refractivity (Wildman–Crippen MR) is 79.5 cm³/mol. The van der Waals surface area contributed by atoms with Crippen LogP contribution < -0.4 is 5.32 Å². The number of hydrogen-bond acceptors (Lipinski definition) is 3. The smallest absolute Gasteiger partial charge is 0.256 e. The Morgan fingerprint density at radius 1 is 1.25 bits per heavy atom. The zero-order valence-electron chi connectivity index (χ0n) is 11.9. The van der Waals surface area contributed by atoms with Gasteiger partial charge in [0.2, 0.25) is 5.90 Å². The Morgan fingerprint density at radius 2 is 1.90 bits per heavy atom. The van der Waals surface area contributed by atoms with Gasteiger partial charge >= 0.3 is 0 Å². The molecule has 1 amide bonds. The summed E-state index contributed by atoms with van der Waals surface area (Å²) >= 11 is 0. The highest BCUT2D eigenvalue weighted by atomic mass is 16.5. The van der Waals surface area contributed by atoms with Gasteiger partial charge in [-0.05, 0) is 19.4 Å². The van der Waals surface area contributed by atoms with Crippen molar-refractivity contribution in [2.24, 2.45) is 0 Å². The predicted octanol–water partition coefficient (Wildman–Crippen LogP) is 2.53. The van der Waals surface area contributed by atoms with E-state index in [4.69, 9.17) is 10.1 Å². The molecule has 1 heterocycles. The molecule has 4 heteroatoms. The van der Waals surface area contributed by atoms with Crippen LogP contribution in [-0.4, -0.2) is 24.5 Å². The first kappa shape index (κ1) is 14.1. The average molecular weight is 270 g/mol. The van der Waals surface area contributed by atoms with E-state index < -0.39 is 5.60 Å². The molecule has 104 valence electrons. The summed E-state index contributed by atoms with van der Waals surface area (Å²) in [6, 6.07) is 9.80. The van der Waals surface area contributed by atoms with Crippen molar-refractivity contribution in [1.29, 1.82) is 5.41 Å². The van der Waals surface area contributed by atoms with Crippen molar-refractivity contribution < 1.29 is 9.53 Å². The molecule has 1 aliphatic heterocycles. The first-order valence-corrected chi connectivity index (χ1v) is 6.43. The van der Waals surface area contributed by atoms with Gasteiger partial charge in [0.1, 0.15) is 11.2 Å². The maximum Gasteiger partial charge on any atom is 0.256 e. The molecular formula is C16H18N2O2. The zero-order chi connectivity index (χ0) is 14.8. The number of hydrogen-bond donors (Lipinski definition) is 2. The number of amides is 1. The van der Waals surface area contributed by atoms with E-state index in [0.717, 1.165) is 5.56 Å². The van der Waals surface area contributed by atoms with Crippen molar-refractivity contribution in [3.05, 3.63) is 53.1 Å². The van der Waals surface area contributed by atoms with Gasteiger partial charge in [0.15, 0.2) is 0 Å². The first-order chi connectivity index (χ1) is 9.45. The number of carbonyl (C=O) groups excluding carboxylic acids is 1. The molecule has 0 bridgehead atoms. The topological polar surface area (TPSA) is 62.2 Å². The van der Waals surface area contributed by atoms with Crippen LogP contribution in [0.5, 0.6) is 0 Å². The molecule has 0 unspecified atom stereocenters. The van der Waals surface area contributed by atoms with Gasteiger partial charge < -0.3 is 10.1 Å². The molecule has 0 aromatic heterocycles. The summed E-state index contributed by atoms with van der Waals surface area (Å²) in [7, 11) is 1.55. The van der Waals surface area contributed by atoms with E-state index in [9.17, 15) is 4.79 Å². The fourth-order valence-electron chi connectivity index (χ4n) is 2.16. The standard InChI is InChI=1S/C16H18N2O2/c1-16(2)12(10-9-11-7-5-4-6-8-11)13(14(17)20-16)15(19)18-3/h4-10,17H,1-3H3,(H,18,19). The Hall–Kier alpha value is -2.36. The minimum atomic E-state index is -0.676. The second kappa shape index (κ2) is 5.33. The van der Waals surface area contributed by atoms with Crippen LogP contribution in [0, 0.1) is 5.41 Å². The van der Waals surface area contributed by atoms with Crippen molar-refractivity contribution in [3.8, 4) is 0 Å². The molecule has 0 aliphatic carbocycles. The monoisotopic (exact) mass is 270 g/mol. The summed E-state index contributed by atoms with van der Waals surface area (Å²) in [5.41, 5.74) is 1.37. The average Bonchev–Trinajstić information content (AvgIpc) is 2.65. The van der Waals surface area contributed by atoms with Crippen molar-refractivity contribution in [1.82, 2.24) is 5.32 Å². The fourth-order valence-corrected chi connectivity index (χ4v) is 2.16. The van der Waals surface area contributed by atoms with Crippen molar-refractivity contribution >= 4 is 17.9 Å². The summed E-state index contributed by atoms with van der Waals surface area (Å²) in [4.78, 5) is 11.9. The summed E-state index contributed by atoms with van der Waals surface area (Å²) < 4.78 is 5.48. The van der Waals surface area contributed by atoms with Gasteiger partial charge in [0.25, 0.3) is 5.91 Å². The molecule has 1 aromatic rings. The van der Waals surface area contributed by atoms with E-state index in [2.05, 4.69) is 5.32 Å². The third-order valence-electron chi connectivity index (χ3n) is 3.20. The lowest BCUT2D eigenvalue weighted by atomic mass is 9.94. The van der Waals surface area contributed by atoms with Crippen LogP contribution in [0.4, 0.5) is 0 Å². The van der Waals surface area contributed by atoms with E-state index >= 15 is 0 Å². The van der Waals surface area contributed by atoms with Gasteiger partial charge in [0, 0.05) is 12.6 Å². The summed E-state index contributed by atoms with van der Waals surface area (Å²) in [6.45, 7) is 3.70. The molecule has 0 saturated heterocycles. The number of rotatable bonds is 3. The molecule has 2 rings (SSSR count). The van der Waals surface area contributed by atoms with E-state index in [0.29, 0.717) is 11.1 Å². The molecule has 2 N–H and O–H groups in total. The highest BCUT2D eigenvalue weighted by molar-refractivity contribution is 6.20. The normalized spacial score (nSPS) is 17.4. The van der Waals surface area contributed by atoms with Crippen LogP contribution in [0.15, 0.2) is 47.6 Å². The minimum Gasteiger partial charge on any atom is -0.467 e. The summed E-state index contributed by atoms with van der Waals surface area (Å²) in [5.74, 6) is -0.379. The van der Waals surface area contributed by atoms with Crippen LogP contribution in [0.3, 0.4) is 0 Å². The maximum absolute atomic E-state index is 11.9. The van der Waals surface area contributed by atoms with E-state index in [1.54, 1.807) is 7.05 Å². The summed E-state index contributed by atoms with van der Waals surface area (Å²) in [5, 5.41) is 10.4. The van der Waals surface area contributed by atoms with Crippen LogP contribution in [0.25, 0.3) is 6.08 Å². The quantitative estimate of drug-likeness (QED) is 0.886. The first-order valence-electron chi connectivity index (χ1n) is 6.43. The summed E-state index contributed by atoms with van der Waals surface area (Å²) in [6.07, 6.45) is 3.77. The van der Waals surface area contributed by atoms with Gasteiger partial charge in [-0.2, -0.15) is 0 Å². The molecule has 0 saturated carbocycles. The Balaban J connectivity index is 2.43.